The summed E-state index contributed by atoms with van der Waals surface area (Å²) in [6.07, 6.45) is 2.30. The highest BCUT2D eigenvalue weighted by Crippen LogP contribution is 2.36. The highest BCUT2D eigenvalue weighted by molar-refractivity contribution is 6.31. The molecule has 1 amide bonds. The molecule has 23 heavy (non-hydrogen) atoms. The number of nitrogens with one attached hydrogen (secondary N) is 2. The van der Waals surface area contributed by atoms with E-state index in [-0.39, 0.29) is 5.91 Å². The molecule has 1 aromatic heterocycles. The summed E-state index contributed by atoms with van der Waals surface area (Å²) in [6.45, 7) is 5.01. The standard InChI is InChI=1S/C16H20ClN5O/c1-3-18-14-7-4-11(17)8-13(14)16(23)19-9-15-21-20-10(2)22(15)12-5-6-12/h4,7-8,12,18H,3,5-6,9H2,1-2H3,(H,19,23). The van der Waals surface area contributed by atoms with Crippen LogP contribution in [-0.4, -0.2) is 27.2 Å². The van der Waals surface area contributed by atoms with Crippen LogP contribution in [0.4, 0.5) is 5.69 Å². The van der Waals surface area contributed by atoms with E-state index >= 15 is 0 Å². The van der Waals surface area contributed by atoms with Gasteiger partial charge >= 0.3 is 0 Å². The van der Waals surface area contributed by atoms with Gasteiger partial charge in [0.15, 0.2) is 5.82 Å². The molecule has 1 aliphatic rings. The quantitative estimate of drug-likeness (QED) is 0.852. The Kier molecular flexibility index (Phi) is 4.52. The van der Waals surface area contributed by atoms with E-state index in [1.165, 1.54) is 0 Å². The Bertz CT molecular complexity index is 723. The molecule has 122 valence electrons. The average molecular weight is 334 g/mol. The molecule has 7 heteroatoms. The zero-order valence-corrected chi connectivity index (χ0v) is 14.0. The molecule has 0 spiro atoms. The summed E-state index contributed by atoms with van der Waals surface area (Å²) in [5.41, 5.74) is 1.31. The lowest BCUT2D eigenvalue weighted by molar-refractivity contribution is 0.0950. The molecular weight excluding hydrogens is 314 g/mol. The summed E-state index contributed by atoms with van der Waals surface area (Å²) in [5, 5.41) is 14.9. The number of benzene rings is 1. The first-order valence-electron chi connectivity index (χ1n) is 7.82. The predicted octanol–water partition coefficient (Wildman–Crippen LogP) is 2.94. The molecule has 1 heterocycles. The number of halogens is 1. The van der Waals surface area contributed by atoms with Crippen molar-refractivity contribution in [2.75, 3.05) is 11.9 Å². The minimum Gasteiger partial charge on any atom is -0.385 e. The molecule has 0 saturated heterocycles. The van der Waals surface area contributed by atoms with Gasteiger partial charge in [0, 0.05) is 23.3 Å². The van der Waals surface area contributed by atoms with Crippen molar-refractivity contribution in [3.05, 3.63) is 40.4 Å². The van der Waals surface area contributed by atoms with Crippen molar-refractivity contribution in [2.24, 2.45) is 0 Å². The van der Waals surface area contributed by atoms with Gasteiger partial charge in [0.25, 0.3) is 5.91 Å². The highest BCUT2D eigenvalue weighted by Gasteiger charge is 2.28. The third-order valence-corrected chi connectivity index (χ3v) is 4.08. The van der Waals surface area contributed by atoms with Crippen molar-refractivity contribution in [2.45, 2.75) is 39.3 Å². The molecule has 1 aromatic carbocycles. The van der Waals surface area contributed by atoms with E-state index < -0.39 is 0 Å². The second kappa shape index (κ2) is 6.58. The van der Waals surface area contributed by atoms with Gasteiger partial charge in [0.05, 0.1) is 12.1 Å². The molecule has 0 radical (unpaired) electrons. The molecule has 3 rings (SSSR count). The Morgan fingerprint density at radius 1 is 1.39 bits per heavy atom. The minimum atomic E-state index is -0.175. The van der Waals surface area contributed by atoms with Crippen LogP contribution in [0.15, 0.2) is 18.2 Å². The fourth-order valence-electron chi connectivity index (χ4n) is 2.64. The third-order valence-electron chi connectivity index (χ3n) is 3.85. The molecular formula is C16H20ClN5O. The van der Waals surface area contributed by atoms with Gasteiger partial charge in [-0.2, -0.15) is 0 Å². The van der Waals surface area contributed by atoms with E-state index in [4.69, 9.17) is 11.6 Å². The number of nitrogens with zero attached hydrogens (tertiary/aromatic N) is 3. The van der Waals surface area contributed by atoms with E-state index in [9.17, 15) is 4.79 Å². The first kappa shape index (κ1) is 15.8. The maximum Gasteiger partial charge on any atom is 0.253 e. The highest BCUT2D eigenvalue weighted by atomic mass is 35.5. The van der Waals surface area contributed by atoms with Crippen LogP contribution >= 0.6 is 11.6 Å². The van der Waals surface area contributed by atoms with Crippen molar-refractivity contribution in [3.8, 4) is 0 Å². The van der Waals surface area contributed by atoms with E-state index in [1.54, 1.807) is 12.1 Å². The summed E-state index contributed by atoms with van der Waals surface area (Å²) in [6, 6.07) is 5.74. The number of carbonyl (C=O) groups is 1. The van der Waals surface area contributed by atoms with Crippen LogP contribution in [0.1, 0.15) is 47.8 Å². The Morgan fingerprint density at radius 2 is 2.17 bits per heavy atom. The third kappa shape index (κ3) is 3.47. The molecule has 1 saturated carbocycles. The number of aryl methyl sites for hydroxylation is 1. The Morgan fingerprint density at radius 3 is 2.87 bits per heavy atom. The molecule has 0 atom stereocenters. The zero-order chi connectivity index (χ0) is 16.4. The summed E-state index contributed by atoms with van der Waals surface area (Å²) in [4.78, 5) is 12.5. The summed E-state index contributed by atoms with van der Waals surface area (Å²) < 4.78 is 2.11. The first-order valence-corrected chi connectivity index (χ1v) is 8.20. The van der Waals surface area contributed by atoms with Crippen LogP contribution in [0.5, 0.6) is 0 Å². The second-order valence-corrected chi connectivity index (χ2v) is 6.10. The normalized spacial score (nSPS) is 13.9. The van der Waals surface area contributed by atoms with Crippen LogP contribution in [0.2, 0.25) is 5.02 Å². The molecule has 1 fully saturated rings. The Balaban J connectivity index is 1.74. The van der Waals surface area contributed by atoms with E-state index in [0.29, 0.717) is 23.2 Å². The Labute approximate surface area is 140 Å². The number of amides is 1. The Hall–Kier alpha value is -2.08. The van der Waals surface area contributed by atoms with Crippen molar-refractivity contribution in [1.82, 2.24) is 20.1 Å². The van der Waals surface area contributed by atoms with Gasteiger partial charge in [0.2, 0.25) is 0 Å². The zero-order valence-electron chi connectivity index (χ0n) is 13.3. The molecule has 2 N–H and O–H groups in total. The maximum atomic E-state index is 12.5. The first-order chi connectivity index (χ1) is 11.1. The SMILES string of the molecule is CCNc1ccc(Cl)cc1C(=O)NCc1nnc(C)n1C1CC1. The number of aromatic nitrogens is 3. The number of rotatable bonds is 6. The van der Waals surface area contributed by atoms with Crippen LogP contribution in [0.3, 0.4) is 0 Å². The predicted molar refractivity (Wildman–Crippen MR) is 89.8 cm³/mol. The van der Waals surface area contributed by atoms with Gasteiger partial charge in [-0.25, -0.2) is 0 Å². The lowest BCUT2D eigenvalue weighted by atomic mass is 10.1. The van der Waals surface area contributed by atoms with Crippen LogP contribution in [0, 0.1) is 6.92 Å². The lowest BCUT2D eigenvalue weighted by Crippen LogP contribution is -2.25. The monoisotopic (exact) mass is 333 g/mol. The van der Waals surface area contributed by atoms with E-state index in [2.05, 4.69) is 25.4 Å². The van der Waals surface area contributed by atoms with E-state index in [0.717, 1.165) is 36.7 Å². The van der Waals surface area contributed by atoms with Gasteiger partial charge in [-0.3, -0.25) is 4.79 Å². The van der Waals surface area contributed by atoms with Crippen LogP contribution in [0.25, 0.3) is 0 Å². The molecule has 6 nitrogen and oxygen atoms in total. The van der Waals surface area contributed by atoms with Crippen molar-refractivity contribution >= 4 is 23.2 Å². The minimum absolute atomic E-state index is 0.175. The fraction of sp³-hybridized carbons (Fsp3) is 0.438. The molecule has 0 unspecified atom stereocenters. The van der Waals surface area contributed by atoms with Crippen molar-refractivity contribution in [3.63, 3.8) is 0 Å². The van der Waals surface area contributed by atoms with Gasteiger partial charge < -0.3 is 15.2 Å². The van der Waals surface area contributed by atoms with E-state index in [1.807, 2.05) is 19.9 Å². The van der Waals surface area contributed by atoms with Crippen molar-refractivity contribution < 1.29 is 4.79 Å². The van der Waals surface area contributed by atoms with Gasteiger partial charge in [0.1, 0.15) is 5.82 Å². The maximum absolute atomic E-state index is 12.5. The number of anilines is 1. The summed E-state index contributed by atoms with van der Waals surface area (Å²) >= 11 is 6.02. The van der Waals surface area contributed by atoms with Gasteiger partial charge in [-0.15, -0.1) is 10.2 Å². The fourth-order valence-corrected chi connectivity index (χ4v) is 2.82. The largest absolute Gasteiger partial charge is 0.385 e. The second-order valence-electron chi connectivity index (χ2n) is 5.67. The van der Waals surface area contributed by atoms with Crippen molar-refractivity contribution in [1.29, 1.82) is 0 Å². The van der Waals surface area contributed by atoms with Gasteiger partial charge in [-0.05, 0) is 44.9 Å². The summed E-state index contributed by atoms with van der Waals surface area (Å²) in [5.74, 6) is 1.52. The average Bonchev–Trinajstić information content (AvgIpc) is 3.30. The number of hydrogen-bond acceptors (Lipinski definition) is 4. The molecule has 2 aromatic rings. The van der Waals surface area contributed by atoms with Crippen LogP contribution in [-0.2, 0) is 6.54 Å². The van der Waals surface area contributed by atoms with Crippen LogP contribution < -0.4 is 10.6 Å². The molecule has 1 aliphatic carbocycles. The number of hydrogen-bond donors (Lipinski definition) is 2. The van der Waals surface area contributed by atoms with Gasteiger partial charge in [-0.1, -0.05) is 11.6 Å². The topological polar surface area (TPSA) is 71.8 Å². The smallest absolute Gasteiger partial charge is 0.253 e. The number of carbonyl (C=O) groups excluding carboxylic acids is 1. The molecule has 0 bridgehead atoms. The summed E-state index contributed by atoms with van der Waals surface area (Å²) in [7, 11) is 0. The lowest BCUT2D eigenvalue weighted by Gasteiger charge is -2.12. The molecule has 0 aliphatic heterocycles.